The van der Waals surface area contributed by atoms with Gasteiger partial charge in [0.2, 0.25) is 10.0 Å². The first-order chi connectivity index (χ1) is 11.8. The molecule has 0 atom stereocenters. The fourth-order valence-electron chi connectivity index (χ4n) is 2.46. The number of sulfonamides is 1. The first-order valence-electron chi connectivity index (χ1n) is 7.15. The molecular weight excluding hydrogens is 475 g/mol. The van der Waals surface area contributed by atoms with Crippen LogP contribution in [0.15, 0.2) is 52.4 Å². The molecule has 1 aliphatic rings. The maximum Gasteiger partial charge on any atom is 0.239 e. The lowest BCUT2D eigenvalue weighted by atomic mass is 10.0. The third kappa shape index (κ3) is 3.97. The van der Waals surface area contributed by atoms with Crippen molar-refractivity contribution in [2.45, 2.75) is 4.90 Å². The summed E-state index contributed by atoms with van der Waals surface area (Å²) in [5, 5.41) is 8.50. The van der Waals surface area contributed by atoms with Gasteiger partial charge in [-0.2, -0.15) is 0 Å². The van der Waals surface area contributed by atoms with Crippen LogP contribution in [0.5, 0.6) is 0 Å². The molecule has 0 radical (unpaired) electrons. The molecule has 0 bridgehead atoms. The highest BCUT2D eigenvalue weighted by molar-refractivity contribution is 14.1. The number of rotatable bonds is 4. The summed E-state index contributed by atoms with van der Waals surface area (Å²) in [5.41, 5.74) is 8.62. The number of hydrogen-bond donors (Lipinski definition) is 3. The highest BCUT2D eigenvalue weighted by Crippen LogP contribution is 2.35. The van der Waals surface area contributed by atoms with E-state index in [2.05, 4.69) is 32.9 Å². The Kier molecular flexibility index (Phi) is 5.05. The summed E-state index contributed by atoms with van der Waals surface area (Å²) in [6.07, 6.45) is 1.86. The van der Waals surface area contributed by atoms with Crippen molar-refractivity contribution in [1.82, 2.24) is 0 Å². The number of aliphatic imine (C=N–C) groups is 1. The van der Waals surface area contributed by atoms with Crippen LogP contribution in [0.1, 0.15) is 5.56 Å². The molecule has 3 rings (SSSR count). The maximum absolute atomic E-state index is 11.8. The first-order valence-corrected chi connectivity index (χ1v) is 10.2. The summed E-state index contributed by atoms with van der Waals surface area (Å²) in [5.74, 6) is 0.380. The third-order valence-electron chi connectivity index (χ3n) is 3.62. The van der Waals surface area contributed by atoms with Gasteiger partial charge in [0.25, 0.3) is 0 Å². The van der Waals surface area contributed by atoms with Crippen molar-refractivity contribution >= 4 is 67.0 Å². The number of nitrogens with one attached hydrogen (secondary N) is 1. The minimum absolute atomic E-state index is 0.0336. The highest BCUT2D eigenvalue weighted by Gasteiger charge is 2.21. The van der Waals surface area contributed by atoms with Crippen LogP contribution < -0.4 is 16.2 Å². The minimum atomic E-state index is -3.96. The van der Waals surface area contributed by atoms with Crippen molar-refractivity contribution in [3.05, 3.63) is 56.6 Å². The van der Waals surface area contributed by atoms with E-state index in [-0.39, 0.29) is 9.92 Å². The zero-order chi connectivity index (χ0) is 18.2. The standard InChI is InChI=1S/C16H14ClIN4O2S/c17-13-7-12(11-5-6-21-16(11)19)14(8-15(13)25(20,23)24)22-10-3-1-9(18)2-4-10/h1-5,7-8,22H,6H2,(H2,19,21)(H2,20,23,24). The molecule has 2 aromatic carbocycles. The molecule has 9 heteroatoms. The summed E-state index contributed by atoms with van der Waals surface area (Å²) in [4.78, 5) is 3.99. The summed E-state index contributed by atoms with van der Waals surface area (Å²) in [7, 11) is -3.96. The van der Waals surface area contributed by atoms with Gasteiger partial charge >= 0.3 is 0 Å². The predicted octanol–water partition coefficient (Wildman–Crippen LogP) is 3.09. The first kappa shape index (κ1) is 18.2. The fourth-order valence-corrected chi connectivity index (χ4v) is 3.92. The van der Waals surface area contributed by atoms with Crippen molar-refractivity contribution in [2.75, 3.05) is 11.9 Å². The van der Waals surface area contributed by atoms with Crippen LogP contribution in [0.3, 0.4) is 0 Å². The molecule has 6 nitrogen and oxygen atoms in total. The maximum atomic E-state index is 11.8. The van der Waals surface area contributed by atoms with E-state index in [0.29, 0.717) is 29.2 Å². The van der Waals surface area contributed by atoms with E-state index in [9.17, 15) is 8.42 Å². The van der Waals surface area contributed by atoms with Crippen molar-refractivity contribution < 1.29 is 8.42 Å². The van der Waals surface area contributed by atoms with Gasteiger partial charge in [0.05, 0.1) is 11.6 Å². The molecule has 1 heterocycles. The number of nitrogens with zero attached hydrogens (tertiary/aromatic N) is 1. The molecule has 0 aromatic heterocycles. The van der Waals surface area contributed by atoms with Gasteiger partial charge in [0, 0.05) is 26.1 Å². The third-order valence-corrected chi connectivity index (χ3v) is 5.72. The molecule has 0 spiro atoms. The number of benzene rings is 2. The largest absolute Gasteiger partial charge is 0.383 e. The van der Waals surface area contributed by atoms with Gasteiger partial charge in [-0.05, 0) is 59.0 Å². The Labute approximate surface area is 164 Å². The van der Waals surface area contributed by atoms with E-state index >= 15 is 0 Å². The fraction of sp³-hybridized carbons (Fsp3) is 0.0625. The number of halogens is 2. The number of primary sulfonamides is 1. The van der Waals surface area contributed by atoms with Gasteiger partial charge in [-0.15, -0.1) is 0 Å². The summed E-state index contributed by atoms with van der Waals surface area (Å²) >= 11 is 8.35. The Morgan fingerprint density at radius 3 is 2.44 bits per heavy atom. The molecule has 5 N–H and O–H groups in total. The molecule has 2 aromatic rings. The Hall–Kier alpha value is -1.62. The normalized spacial score (nSPS) is 14.2. The van der Waals surface area contributed by atoms with Crippen LogP contribution in [0, 0.1) is 3.57 Å². The van der Waals surface area contributed by atoms with Crippen LogP contribution in [0.25, 0.3) is 5.57 Å². The van der Waals surface area contributed by atoms with Gasteiger partial charge in [0.15, 0.2) is 0 Å². The Morgan fingerprint density at radius 1 is 1.20 bits per heavy atom. The quantitative estimate of drug-likeness (QED) is 0.574. The van der Waals surface area contributed by atoms with Crippen molar-refractivity contribution in [3.8, 4) is 0 Å². The predicted molar refractivity (Wildman–Crippen MR) is 110 cm³/mol. The second kappa shape index (κ2) is 6.94. The lowest BCUT2D eigenvalue weighted by Crippen LogP contribution is -2.15. The number of amidine groups is 1. The lowest BCUT2D eigenvalue weighted by molar-refractivity contribution is 0.598. The molecule has 0 amide bonds. The molecule has 0 saturated heterocycles. The Bertz CT molecular complexity index is 1000. The Balaban J connectivity index is 2.15. The van der Waals surface area contributed by atoms with Crippen LogP contribution >= 0.6 is 34.2 Å². The Morgan fingerprint density at radius 2 is 1.88 bits per heavy atom. The van der Waals surface area contributed by atoms with E-state index < -0.39 is 10.0 Å². The molecule has 25 heavy (non-hydrogen) atoms. The van der Waals surface area contributed by atoms with E-state index in [1.54, 1.807) is 0 Å². The average Bonchev–Trinajstić information content (AvgIpc) is 2.95. The monoisotopic (exact) mass is 488 g/mol. The van der Waals surface area contributed by atoms with E-state index in [0.717, 1.165) is 9.26 Å². The van der Waals surface area contributed by atoms with Crippen molar-refractivity contribution in [3.63, 3.8) is 0 Å². The summed E-state index contributed by atoms with van der Waals surface area (Å²) in [6, 6.07) is 10.6. The molecule has 0 aliphatic carbocycles. The summed E-state index contributed by atoms with van der Waals surface area (Å²) < 4.78 is 24.7. The second-order valence-corrected chi connectivity index (χ2v) is 8.53. The topological polar surface area (TPSA) is 111 Å². The van der Waals surface area contributed by atoms with Gasteiger partial charge in [0.1, 0.15) is 10.7 Å². The van der Waals surface area contributed by atoms with Gasteiger partial charge in [-0.1, -0.05) is 17.7 Å². The molecule has 130 valence electrons. The van der Waals surface area contributed by atoms with Crippen LogP contribution in [-0.4, -0.2) is 20.8 Å². The lowest BCUT2D eigenvalue weighted by Gasteiger charge is -2.16. The van der Waals surface area contributed by atoms with E-state index in [4.69, 9.17) is 22.5 Å². The minimum Gasteiger partial charge on any atom is -0.383 e. The van der Waals surface area contributed by atoms with Crippen LogP contribution in [0.4, 0.5) is 11.4 Å². The second-order valence-electron chi connectivity index (χ2n) is 5.35. The molecule has 0 saturated carbocycles. The van der Waals surface area contributed by atoms with Crippen LogP contribution in [-0.2, 0) is 10.0 Å². The number of nitrogens with two attached hydrogens (primary N) is 2. The SMILES string of the molecule is NC1=NCC=C1c1cc(Cl)c(S(N)(=O)=O)cc1Nc1ccc(I)cc1. The summed E-state index contributed by atoms with van der Waals surface area (Å²) in [6.45, 7) is 0.471. The van der Waals surface area contributed by atoms with E-state index in [1.807, 2.05) is 30.3 Å². The van der Waals surface area contributed by atoms with Gasteiger partial charge < -0.3 is 11.1 Å². The molecule has 0 fully saturated rings. The average molecular weight is 489 g/mol. The van der Waals surface area contributed by atoms with Crippen molar-refractivity contribution in [2.24, 2.45) is 15.9 Å². The number of hydrogen-bond acceptors (Lipinski definition) is 5. The van der Waals surface area contributed by atoms with E-state index in [1.165, 1.54) is 12.1 Å². The van der Waals surface area contributed by atoms with Crippen LogP contribution in [0.2, 0.25) is 5.02 Å². The number of anilines is 2. The highest BCUT2D eigenvalue weighted by atomic mass is 127. The zero-order valence-corrected chi connectivity index (χ0v) is 16.6. The molecule has 1 aliphatic heterocycles. The smallest absolute Gasteiger partial charge is 0.239 e. The molecule has 0 unspecified atom stereocenters. The van der Waals surface area contributed by atoms with Crippen molar-refractivity contribution in [1.29, 1.82) is 0 Å². The van der Waals surface area contributed by atoms with Gasteiger partial charge in [-0.3, -0.25) is 4.99 Å². The zero-order valence-electron chi connectivity index (χ0n) is 12.8. The van der Waals surface area contributed by atoms with Gasteiger partial charge in [-0.25, -0.2) is 13.6 Å². The molecular formula is C16H14ClIN4O2S.